The van der Waals surface area contributed by atoms with Crippen LogP contribution >= 0.6 is 0 Å². The van der Waals surface area contributed by atoms with Crippen molar-refractivity contribution in [3.8, 4) is 11.5 Å². The van der Waals surface area contributed by atoms with E-state index in [1.165, 1.54) is 24.8 Å². The molecule has 2 saturated carbocycles. The monoisotopic (exact) mass is 303 g/mol. The molecular formula is C19H29NO2. The summed E-state index contributed by atoms with van der Waals surface area (Å²) < 4.78 is 10.7. The van der Waals surface area contributed by atoms with Crippen LogP contribution in [0.25, 0.3) is 0 Å². The van der Waals surface area contributed by atoms with Gasteiger partial charge in [-0.25, -0.2) is 0 Å². The van der Waals surface area contributed by atoms with Crippen molar-refractivity contribution in [2.24, 2.45) is 16.7 Å². The second kappa shape index (κ2) is 5.45. The smallest absolute Gasteiger partial charge is 0.122 e. The van der Waals surface area contributed by atoms with Gasteiger partial charge in [0.05, 0.1) is 14.2 Å². The third-order valence-corrected chi connectivity index (χ3v) is 6.76. The molecule has 2 aliphatic carbocycles. The fourth-order valence-electron chi connectivity index (χ4n) is 4.72. The standard InChI is InChI=1S/C19H29NO2/c1-18(2)14-6-7-19(18,3)17(10-14)20-12-13-8-15(21-4)11-16(9-13)22-5/h8-9,11,14,17,20H,6-7,10,12H2,1-5H3/t14-,17+,19-/m1/s1. The van der Waals surface area contributed by atoms with Crippen molar-refractivity contribution in [3.05, 3.63) is 23.8 Å². The Kier molecular flexibility index (Phi) is 3.88. The SMILES string of the molecule is COc1cc(CN[C@H]2C[C@H]3CC[C@@]2(C)C3(C)C)cc(OC)c1. The Balaban J connectivity index is 1.71. The van der Waals surface area contributed by atoms with Crippen molar-refractivity contribution in [2.45, 2.75) is 52.6 Å². The zero-order valence-electron chi connectivity index (χ0n) is 14.5. The molecular weight excluding hydrogens is 274 g/mol. The Hall–Kier alpha value is -1.22. The Labute approximate surface area is 134 Å². The van der Waals surface area contributed by atoms with E-state index in [4.69, 9.17) is 9.47 Å². The van der Waals surface area contributed by atoms with E-state index in [-0.39, 0.29) is 0 Å². The molecule has 1 aromatic rings. The topological polar surface area (TPSA) is 30.5 Å². The summed E-state index contributed by atoms with van der Waals surface area (Å²) in [6.07, 6.45) is 4.06. The minimum absolute atomic E-state index is 0.417. The van der Waals surface area contributed by atoms with Gasteiger partial charge in [-0.3, -0.25) is 0 Å². The number of benzene rings is 1. The van der Waals surface area contributed by atoms with Crippen LogP contribution in [0.2, 0.25) is 0 Å². The van der Waals surface area contributed by atoms with E-state index in [0.29, 0.717) is 16.9 Å². The Morgan fingerprint density at radius 3 is 2.18 bits per heavy atom. The van der Waals surface area contributed by atoms with Crippen LogP contribution in [0.15, 0.2) is 18.2 Å². The Bertz CT molecular complexity index is 532. The van der Waals surface area contributed by atoms with Gasteiger partial charge >= 0.3 is 0 Å². The number of hydrogen-bond acceptors (Lipinski definition) is 3. The van der Waals surface area contributed by atoms with Gasteiger partial charge in [0, 0.05) is 18.7 Å². The van der Waals surface area contributed by atoms with Gasteiger partial charge in [0.25, 0.3) is 0 Å². The summed E-state index contributed by atoms with van der Waals surface area (Å²) in [6, 6.07) is 6.72. The lowest BCUT2D eigenvalue weighted by Gasteiger charge is -2.39. The fraction of sp³-hybridized carbons (Fsp3) is 0.684. The van der Waals surface area contributed by atoms with Crippen molar-refractivity contribution in [2.75, 3.05) is 14.2 Å². The second-order valence-corrected chi connectivity index (χ2v) is 7.76. The van der Waals surface area contributed by atoms with Gasteiger partial charge in [-0.05, 0) is 53.7 Å². The molecule has 122 valence electrons. The predicted molar refractivity (Wildman–Crippen MR) is 89.4 cm³/mol. The van der Waals surface area contributed by atoms with E-state index in [1.807, 2.05) is 6.07 Å². The highest BCUT2D eigenvalue weighted by Gasteiger charge is 2.60. The molecule has 0 unspecified atom stereocenters. The molecule has 3 nitrogen and oxygen atoms in total. The number of methoxy groups -OCH3 is 2. The van der Waals surface area contributed by atoms with Crippen molar-refractivity contribution in [3.63, 3.8) is 0 Å². The third kappa shape index (κ3) is 2.30. The highest BCUT2D eigenvalue weighted by Crippen LogP contribution is 2.65. The van der Waals surface area contributed by atoms with E-state index in [9.17, 15) is 0 Å². The maximum atomic E-state index is 5.36. The van der Waals surface area contributed by atoms with E-state index in [1.54, 1.807) is 14.2 Å². The number of hydrogen-bond donors (Lipinski definition) is 1. The number of fused-ring (bicyclic) bond motifs is 2. The first-order valence-corrected chi connectivity index (χ1v) is 8.36. The summed E-state index contributed by atoms with van der Waals surface area (Å²) in [5.74, 6) is 2.58. The molecule has 2 fully saturated rings. The average Bonchev–Trinajstić information content (AvgIpc) is 2.85. The molecule has 0 radical (unpaired) electrons. The molecule has 1 aromatic carbocycles. The van der Waals surface area contributed by atoms with Gasteiger partial charge in [-0.1, -0.05) is 20.8 Å². The lowest BCUT2D eigenvalue weighted by Crippen LogP contribution is -2.44. The van der Waals surface area contributed by atoms with Crippen LogP contribution in [0.5, 0.6) is 11.5 Å². The van der Waals surface area contributed by atoms with Crippen molar-refractivity contribution in [1.29, 1.82) is 0 Å². The Morgan fingerprint density at radius 1 is 1.09 bits per heavy atom. The van der Waals surface area contributed by atoms with Crippen molar-refractivity contribution < 1.29 is 9.47 Å². The number of ether oxygens (including phenoxy) is 2. The molecule has 2 aliphatic rings. The molecule has 0 aromatic heterocycles. The molecule has 0 heterocycles. The average molecular weight is 303 g/mol. The molecule has 0 saturated heterocycles. The van der Waals surface area contributed by atoms with Gasteiger partial charge in [0.15, 0.2) is 0 Å². The van der Waals surface area contributed by atoms with Crippen LogP contribution in [-0.4, -0.2) is 20.3 Å². The van der Waals surface area contributed by atoms with E-state index in [0.717, 1.165) is 24.0 Å². The highest BCUT2D eigenvalue weighted by molar-refractivity contribution is 5.38. The van der Waals surface area contributed by atoms with Gasteiger partial charge in [0.1, 0.15) is 11.5 Å². The second-order valence-electron chi connectivity index (χ2n) is 7.76. The van der Waals surface area contributed by atoms with Crippen LogP contribution in [0.3, 0.4) is 0 Å². The van der Waals surface area contributed by atoms with Crippen molar-refractivity contribution in [1.82, 2.24) is 5.32 Å². The first kappa shape index (κ1) is 15.7. The van der Waals surface area contributed by atoms with Crippen LogP contribution in [-0.2, 0) is 6.54 Å². The fourth-order valence-corrected chi connectivity index (χ4v) is 4.72. The molecule has 0 amide bonds. The first-order valence-electron chi connectivity index (χ1n) is 8.36. The zero-order chi connectivity index (χ0) is 16.0. The molecule has 0 aliphatic heterocycles. The molecule has 0 spiro atoms. The van der Waals surface area contributed by atoms with E-state index in [2.05, 4.69) is 38.2 Å². The number of nitrogens with one attached hydrogen (secondary N) is 1. The summed E-state index contributed by atoms with van der Waals surface area (Å²) in [6.45, 7) is 8.27. The highest BCUT2D eigenvalue weighted by atomic mass is 16.5. The van der Waals surface area contributed by atoms with Gasteiger partial charge < -0.3 is 14.8 Å². The lowest BCUT2D eigenvalue weighted by molar-refractivity contribution is 0.120. The van der Waals surface area contributed by atoms with Gasteiger partial charge in [-0.15, -0.1) is 0 Å². The maximum absolute atomic E-state index is 5.36. The van der Waals surface area contributed by atoms with Crippen LogP contribution < -0.4 is 14.8 Å². The minimum atomic E-state index is 0.417. The normalized spacial score (nSPS) is 32.2. The zero-order valence-corrected chi connectivity index (χ0v) is 14.5. The van der Waals surface area contributed by atoms with Gasteiger partial charge in [0.2, 0.25) is 0 Å². The van der Waals surface area contributed by atoms with Crippen LogP contribution in [0.1, 0.15) is 45.6 Å². The molecule has 3 heteroatoms. The molecule has 3 rings (SSSR count). The maximum Gasteiger partial charge on any atom is 0.122 e. The summed E-state index contributed by atoms with van der Waals surface area (Å²) in [4.78, 5) is 0. The molecule has 3 atom stereocenters. The third-order valence-electron chi connectivity index (χ3n) is 6.76. The lowest BCUT2D eigenvalue weighted by atomic mass is 9.69. The summed E-state index contributed by atoms with van der Waals surface area (Å²) in [5, 5.41) is 3.82. The molecule has 1 N–H and O–H groups in total. The van der Waals surface area contributed by atoms with Crippen molar-refractivity contribution >= 4 is 0 Å². The van der Waals surface area contributed by atoms with Gasteiger partial charge in [-0.2, -0.15) is 0 Å². The van der Waals surface area contributed by atoms with E-state index < -0.39 is 0 Å². The minimum Gasteiger partial charge on any atom is -0.497 e. The van der Waals surface area contributed by atoms with E-state index >= 15 is 0 Å². The summed E-state index contributed by atoms with van der Waals surface area (Å²) in [7, 11) is 3.40. The predicted octanol–water partition coefficient (Wildman–Crippen LogP) is 4.01. The first-order chi connectivity index (χ1) is 10.4. The van der Waals surface area contributed by atoms with Crippen LogP contribution in [0, 0.1) is 16.7 Å². The summed E-state index contributed by atoms with van der Waals surface area (Å²) >= 11 is 0. The Morgan fingerprint density at radius 2 is 1.73 bits per heavy atom. The number of rotatable bonds is 5. The molecule has 22 heavy (non-hydrogen) atoms. The van der Waals surface area contributed by atoms with Crippen LogP contribution in [0.4, 0.5) is 0 Å². The molecule has 2 bridgehead atoms. The quantitative estimate of drug-likeness (QED) is 0.891. The largest absolute Gasteiger partial charge is 0.497 e. The summed E-state index contributed by atoms with van der Waals surface area (Å²) in [5.41, 5.74) is 2.09.